The molecule has 1 atom stereocenters. The molecule has 2 saturated heterocycles. The fourth-order valence-electron chi connectivity index (χ4n) is 3.49. The smallest absolute Gasteiger partial charge is 0.292 e. The van der Waals surface area contributed by atoms with E-state index in [1.807, 2.05) is 0 Å². The molecule has 3 amide bonds. The molecule has 2 aliphatic heterocycles. The van der Waals surface area contributed by atoms with Crippen LogP contribution in [0.25, 0.3) is 0 Å². The number of rotatable bonds is 3. The summed E-state index contributed by atoms with van der Waals surface area (Å²) in [6.07, 6.45) is 1.42. The Morgan fingerprint density at radius 2 is 1.88 bits per heavy atom. The Morgan fingerprint density at radius 3 is 2.50 bits per heavy atom. The summed E-state index contributed by atoms with van der Waals surface area (Å²) >= 11 is 12.1. The molecule has 24 heavy (non-hydrogen) atoms. The third-order valence-electron chi connectivity index (χ3n) is 4.84. The second-order valence-electron chi connectivity index (χ2n) is 6.23. The number of imide groups is 1. The molecule has 0 radical (unpaired) electrons. The van der Waals surface area contributed by atoms with Crippen LogP contribution in [0.5, 0.6) is 0 Å². The summed E-state index contributed by atoms with van der Waals surface area (Å²) in [4.78, 5) is 38.6. The number of benzene rings is 1. The Morgan fingerprint density at radius 1 is 1.21 bits per heavy atom. The Balaban J connectivity index is 1.78. The predicted molar refractivity (Wildman–Crippen MR) is 90.0 cm³/mol. The molecular formula is C16H18Cl2N3O3+. The van der Waals surface area contributed by atoms with Gasteiger partial charge in [-0.25, -0.2) is 4.90 Å². The van der Waals surface area contributed by atoms with Gasteiger partial charge in [-0.2, -0.15) is 0 Å². The van der Waals surface area contributed by atoms with Gasteiger partial charge in [-0.3, -0.25) is 14.4 Å². The normalized spacial score (nSPS) is 27.6. The van der Waals surface area contributed by atoms with Crippen molar-refractivity contribution in [1.29, 1.82) is 0 Å². The maximum absolute atomic E-state index is 12.8. The average molecular weight is 371 g/mol. The van der Waals surface area contributed by atoms with Gasteiger partial charge in [-0.1, -0.05) is 29.3 Å². The summed E-state index contributed by atoms with van der Waals surface area (Å²) in [5.41, 5.74) is 5.67. The van der Waals surface area contributed by atoms with E-state index in [-0.39, 0.29) is 35.1 Å². The largest absolute Gasteiger partial charge is 0.369 e. The molecule has 1 aromatic rings. The second-order valence-corrected chi connectivity index (χ2v) is 7.02. The van der Waals surface area contributed by atoms with Crippen molar-refractivity contribution in [3.8, 4) is 0 Å². The van der Waals surface area contributed by atoms with Crippen LogP contribution in [-0.4, -0.2) is 36.9 Å². The molecular weight excluding hydrogens is 353 g/mol. The number of carbonyl (C=O) groups is 3. The highest BCUT2D eigenvalue weighted by molar-refractivity contribution is 6.44. The molecule has 0 bridgehead atoms. The first-order valence-corrected chi connectivity index (χ1v) is 8.60. The zero-order chi connectivity index (χ0) is 17.4. The molecule has 2 fully saturated rings. The molecule has 3 N–H and O–H groups in total. The van der Waals surface area contributed by atoms with Crippen LogP contribution in [0.15, 0.2) is 18.2 Å². The van der Waals surface area contributed by atoms with Gasteiger partial charge in [-0.05, 0) is 12.1 Å². The zero-order valence-electron chi connectivity index (χ0n) is 12.9. The zero-order valence-corrected chi connectivity index (χ0v) is 14.4. The van der Waals surface area contributed by atoms with E-state index in [1.165, 1.54) is 0 Å². The van der Waals surface area contributed by atoms with Crippen LogP contribution < -0.4 is 15.5 Å². The van der Waals surface area contributed by atoms with Gasteiger partial charge in [0.1, 0.15) is 0 Å². The number of nitrogens with zero attached hydrogens (tertiary/aromatic N) is 1. The van der Waals surface area contributed by atoms with Crippen LogP contribution in [-0.2, 0) is 14.4 Å². The first-order valence-electron chi connectivity index (χ1n) is 7.85. The fourth-order valence-corrected chi connectivity index (χ4v) is 3.87. The SMILES string of the molecule is NC(=O)C1CC[NH+]([C@@H]2CC(=O)N(c3cccc(Cl)c3Cl)C2=O)CC1. The van der Waals surface area contributed by atoms with Gasteiger partial charge in [0.25, 0.3) is 5.91 Å². The van der Waals surface area contributed by atoms with Crippen molar-refractivity contribution >= 4 is 46.6 Å². The number of piperidine rings is 1. The van der Waals surface area contributed by atoms with Gasteiger partial charge in [0.15, 0.2) is 6.04 Å². The number of carbonyl (C=O) groups excluding carboxylic acids is 3. The Bertz CT molecular complexity index is 702. The first-order chi connectivity index (χ1) is 11.4. The minimum atomic E-state index is -0.443. The van der Waals surface area contributed by atoms with Crippen LogP contribution >= 0.6 is 23.2 Å². The number of likely N-dealkylation sites (tertiary alicyclic amines) is 1. The monoisotopic (exact) mass is 370 g/mol. The number of hydrogen-bond donors (Lipinski definition) is 2. The van der Waals surface area contributed by atoms with Crippen LogP contribution in [0, 0.1) is 5.92 Å². The highest BCUT2D eigenvalue weighted by Gasteiger charge is 2.47. The van der Waals surface area contributed by atoms with E-state index in [0.29, 0.717) is 36.6 Å². The Hall–Kier alpha value is -1.63. The number of nitrogens with one attached hydrogen (secondary N) is 1. The predicted octanol–water partition coefficient (Wildman–Crippen LogP) is 0.406. The number of amides is 3. The third-order valence-corrected chi connectivity index (χ3v) is 5.65. The lowest BCUT2D eigenvalue weighted by molar-refractivity contribution is -0.920. The van der Waals surface area contributed by atoms with Gasteiger partial charge in [0.05, 0.1) is 35.2 Å². The fraction of sp³-hybridized carbons (Fsp3) is 0.438. The van der Waals surface area contributed by atoms with Gasteiger partial charge in [0.2, 0.25) is 11.8 Å². The molecule has 128 valence electrons. The van der Waals surface area contributed by atoms with E-state index in [0.717, 1.165) is 9.80 Å². The van der Waals surface area contributed by atoms with Crippen molar-refractivity contribution in [2.24, 2.45) is 11.7 Å². The van der Waals surface area contributed by atoms with E-state index in [4.69, 9.17) is 28.9 Å². The molecule has 8 heteroatoms. The van der Waals surface area contributed by atoms with Crippen molar-refractivity contribution in [3.63, 3.8) is 0 Å². The Kier molecular flexibility index (Phi) is 4.80. The minimum absolute atomic E-state index is 0.137. The maximum atomic E-state index is 12.8. The van der Waals surface area contributed by atoms with Crippen molar-refractivity contribution in [1.82, 2.24) is 0 Å². The Labute approximate surface area is 149 Å². The van der Waals surface area contributed by atoms with E-state index in [2.05, 4.69) is 0 Å². The van der Waals surface area contributed by atoms with Crippen LogP contribution in [0.2, 0.25) is 10.0 Å². The van der Waals surface area contributed by atoms with Crippen molar-refractivity contribution < 1.29 is 19.3 Å². The van der Waals surface area contributed by atoms with Crippen molar-refractivity contribution in [3.05, 3.63) is 28.2 Å². The molecule has 1 aromatic carbocycles. The average Bonchev–Trinajstić information content (AvgIpc) is 2.85. The standard InChI is InChI=1S/C16H17Cl2N3O3/c17-10-2-1-3-11(14(10)18)21-13(22)8-12(16(21)24)20-6-4-9(5-7-20)15(19)23/h1-3,9,12H,4-8H2,(H2,19,23)/p+1/t12-/m1/s1. The van der Waals surface area contributed by atoms with Crippen LogP contribution in [0.3, 0.4) is 0 Å². The molecule has 6 nitrogen and oxygen atoms in total. The minimum Gasteiger partial charge on any atom is -0.369 e. The molecule has 0 aliphatic carbocycles. The summed E-state index contributed by atoms with van der Waals surface area (Å²) in [7, 11) is 0. The highest BCUT2D eigenvalue weighted by atomic mass is 35.5. The number of hydrogen-bond acceptors (Lipinski definition) is 3. The number of halogens is 2. The summed E-state index contributed by atoms with van der Waals surface area (Å²) in [5.74, 6) is -0.981. The van der Waals surface area contributed by atoms with Crippen LogP contribution in [0.4, 0.5) is 5.69 Å². The lowest BCUT2D eigenvalue weighted by Crippen LogP contribution is -3.17. The summed E-state index contributed by atoms with van der Waals surface area (Å²) < 4.78 is 0. The number of primary amides is 1. The van der Waals surface area contributed by atoms with E-state index in [1.54, 1.807) is 18.2 Å². The van der Waals surface area contributed by atoms with Crippen LogP contribution in [0.1, 0.15) is 19.3 Å². The molecule has 0 unspecified atom stereocenters. The topological polar surface area (TPSA) is 84.9 Å². The molecule has 0 saturated carbocycles. The van der Waals surface area contributed by atoms with E-state index >= 15 is 0 Å². The summed E-state index contributed by atoms with van der Waals surface area (Å²) in [6, 6.07) is 4.43. The number of nitrogens with two attached hydrogens (primary N) is 1. The van der Waals surface area contributed by atoms with E-state index < -0.39 is 6.04 Å². The van der Waals surface area contributed by atoms with Gasteiger partial charge in [-0.15, -0.1) is 0 Å². The molecule has 3 rings (SSSR count). The molecule has 0 spiro atoms. The van der Waals surface area contributed by atoms with Crippen molar-refractivity contribution in [2.75, 3.05) is 18.0 Å². The van der Waals surface area contributed by atoms with E-state index in [9.17, 15) is 14.4 Å². The molecule has 2 aliphatic rings. The van der Waals surface area contributed by atoms with Gasteiger partial charge in [0, 0.05) is 18.8 Å². The summed E-state index contributed by atoms with van der Waals surface area (Å²) in [6.45, 7) is 1.29. The van der Waals surface area contributed by atoms with Gasteiger partial charge >= 0.3 is 0 Å². The second kappa shape index (κ2) is 6.70. The summed E-state index contributed by atoms with van der Waals surface area (Å²) in [5, 5.41) is 0.497. The third kappa shape index (κ3) is 3.01. The highest BCUT2D eigenvalue weighted by Crippen LogP contribution is 2.34. The van der Waals surface area contributed by atoms with Gasteiger partial charge < -0.3 is 10.6 Å². The molecule has 2 heterocycles. The number of anilines is 1. The van der Waals surface area contributed by atoms with Crippen molar-refractivity contribution in [2.45, 2.75) is 25.3 Å². The number of quaternary nitrogens is 1. The first kappa shape index (κ1) is 17.2. The quantitative estimate of drug-likeness (QED) is 0.755. The lowest BCUT2D eigenvalue weighted by Gasteiger charge is -2.30. The molecule has 0 aromatic heterocycles. The maximum Gasteiger partial charge on any atom is 0.292 e. The lowest BCUT2D eigenvalue weighted by atomic mass is 9.95.